The summed E-state index contributed by atoms with van der Waals surface area (Å²) in [5.74, 6) is -4.03. The van der Waals surface area contributed by atoms with Crippen LogP contribution in [0.1, 0.15) is 11.5 Å². The van der Waals surface area contributed by atoms with E-state index in [1.54, 1.807) is 0 Å². The Morgan fingerprint density at radius 2 is 2.00 bits per heavy atom. The summed E-state index contributed by atoms with van der Waals surface area (Å²) in [7, 11) is -3.48. The number of benzene rings is 1. The van der Waals surface area contributed by atoms with Crippen LogP contribution >= 0.6 is 0 Å². The van der Waals surface area contributed by atoms with Gasteiger partial charge in [0.15, 0.2) is 0 Å². The molecule has 1 unspecified atom stereocenters. The maximum absolute atomic E-state index is 13.3. The van der Waals surface area contributed by atoms with Gasteiger partial charge in [0.25, 0.3) is 0 Å². The van der Waals surface area contributed by atoms with Gasteiger partial charge >= 0.3 is 5.97 Å². The second kappa shape index (κ2) is 4.61. The van der Waals surface area contributed by atoms with Crippen LogP contribution in [0.4, 0.5) is 4.39 Å². The Balaban J connectivity index is 3.14. The molecule has 0 radical (unpaired) electrons. The van der Waals surface area contributed by atoms with Crippen LogP contribution in [0.2, 0.25) is 0 Å². The second-order valence-corrected chi connectivity index (χ2v) is 5.69. The smallest absolute Gasteiger partial charge is 0.312 e. The normalized spacial score (nSPS) is 13.4. The summed E-state index contributed by atoms with van der Waals surface area (Å²) < 4.78 is 35.4. The van der Waals surface area contributed by atoms with E-state index in [4.69, 9.17) is 5.11 Å². The van der Waals surface area contributed by atoms with E-state index in [1.807, 2.05) is 0 Å². The molecule has 0 amide bonds. The summed E-state index contributed by atoms with van der Waals surface area (Å²) >= 11 is 0. The van der Waals surface area contributed by atoms with Gasteiger partial charge < -0.3 is 5.11 Å². The molecule has 6 heteroatoms. The van der Waals surface area contributed by atoms with Gasteiger partial charge in [-0.25, -0.2) is 12.8 Å². The van der Waals surface area contributed by atoms with Gasteiger partial charge in [0.05, 0.1) is 11.7 Å². The van der Waals surface area contributed by atoms with E-state index in [1.165, 1.54) is 18.2 Å². The van der Waals surface area contributed by atoms with Crippen molar-refractivity contribution >= 4 is 15.8 Å². The monoisotopic (exact) mass is 246 g/mol. The average Bonchev–Trinajstić information content (AvgIpc) is 2.13. The first-order chi connectivity index (χ1) is 7.31. The molecule has 1 rings (SSSR count). The fourth-order valence-electron chi connectivity index (χ4n) is 1.35. The first-order valence-corrected chi connectivity index (χ1v) is 6.52. The van der Waals surface area contributed by atoms with Crippen molar-refractivity contribution in [3.63, 3.8) is 0 Å². The van der Waals surface area contributed by atoms with E-state index in [0.29, 0.717) is 0 Å². The lowest BCUT2D eigenvalue weighted by Crippen LogP contribution is -2.22. The molecule has 1 aromatic carbocycles. The van der Waals surface area contributed by atoms with Crippen molar-refractivity contribution in [1.82, 2.24) is 0 Å². The molecule has 0 saturated carbocycles. The van der Waals surface area contributed by atoms with Crippen molar-refractivity contribution in [2.24, 2.45) is 0 Å². The first kappa shape index (κ1) is 12.6. The lowest BCUT2D eigenvalue weighted by atomic mass is 10.0. The van der Waals surface area contributed by atoms with Crippen molar-refractivity contribution in [3.05, 3.63) is 35.6 Å². The van der Waals surface area contributed by atoms with Crippen molar-refractivity contribution < 1.29 is 22.7 Å². The van der Waals surface area contributed by atoms with Gasteiger partial charge in [-0.15, -0.1) is 0 Å². The molecule has 0 saturated heterocycles. The maximum atomic E-state index is 13.3. The van der Waals surface area contributed by atoms with Crippen LogP contribution in [-0.2, 0) is 14.6 Å². The third-order valence-corrected chi connectivity index (χ3v) is 2.99. The second-order valence-electron chi connectivity index (χ2n) is 3.50. The van der Waals surface area contributed by atoms with Crippen LogP contribution in [0.3, 0.4) is 0 Å². The van der Waals surface area contributed by atoms with E-state index < -0.39 is 33.3 Å². The Bertz CT molecular complexity index is 495. The minimum Gasteiger partial charge on any atom is -0.481 e. The molecule has 88 valence electrons. The third-order valence-electron chi connectivity index (χ3n) is 2.05. The number of carboxylic acids is 1. The standard InChI is InChI=1S/C10H11FO4S/c1-16(14,15)6-8(10(12)13)7-4-2-3-5-9(7)11/h2-5,8H,6H2,1H3,(H,12,13). The SMILES string of the molecule is CS(=O)(=O)CC(C(=O)O)c1ccccc1F. The van der Waals surface area contributed by atoms with Gasteiger partial charge in [0, 0.05) is 11.8 Å². The molecular formula is C10H11FO4S. The largest absolute Gasteiger partial charge is 0.481 e. The van der Waals surface area contributed by atoms with Crippen LogP contribution in [0.25, 0.3) is 0 Å². The average molecular weight is 246 g/mol. The molecule has 16 heavy (non-hydrogen) atoms. The predicted octanol–water partition coefficient (Wildman–Crippen LogP) is 1.04. The van der Waals surface area contributed by atoms with E-state index in [2.05, 4.69) is 0 Å². The maximum Gasteiger partial charge on any atom is 0.312 e. The highest BCUT2D eigenvalue weighted by molar-refractivity contribution is 7.90. The predicted molar refractivity (Wildman–Crippen MR) is 56.5 cm³/mol. The first-order valence-electron chi connectivity index (χ1n) is 4.46. The number of halogens is 1. The van der Waals surface area contributed by atoms with Crippen molar-refractivity contribution in [2.45, 2.75) is 5.92 Å². The minimum absolute atomic E-state index is 0.111. The number of carboxylic acid groups (broad SMARTS) is 1. The molecule has 0 aliphatic heterocycles. The number of aliphatic carboxylic acids is 1. The van der Waals surface area contributed by atoms with Crippen LogP contribution in [0.15, 0.2) is 24.3 Å². The number of hydrogen-bond donors (Lipinski definition) is 1. The minimum atomic E-state index is -3.48. The Morgan fingerprint density at radius 1 is 1.44 bits per heavy atom. The van der Waals surface area contributed by atoms with E-state index in [0.717, 1.165) is 12.3 Å². The number of carbonyl (C=O) groups is 1. The Hall–Kier alpha value is -1.43. The molecular weight excluding hydrogens is 235 g/mol. The quantitative estimate of drug-likeness (QED) is 0.861. The third kappa shape index (κ3) is 3.30. The molecule has 1 N–H and O–H groups in total. The lowest BCUT2D eigenvalue weighted by molar-refractivity contribution is -0.138. The lowest BCUT2D eigenvalue weighted by Gasteiger charge is -2.12. The van der Waals surface area contributed by atoms with Crippen LogP contribution < -0.4 is 0 Å². The summed E-state index contributed by atoms with van der Waals surface area (Å²) in [5, 5.41) is 8.88. The van der Waals surface area contributed by atoms with Gasteiger partial charge in [-0.3, -0.25) is 4.79 Å². The molecule has 4 nitrogen and oxygen atoms in total. The zero-order valence-electron chi connectivity index (χ0n) is 8.55. The summed E-state index contributed by atoms with van der Waals surface area (Å²) in [6.07, 6.45) is 0.920. The summed E-state index contributed by atoms with van der Waals surface area (Å²) in [6, 6.07) is 5.27. The van der Waals surface area contributed by atoms with E-state index in [-0.39, 0.29) is 5.56 Å². The molecule has 0 aromatic heterocycles. The molecule has 1 atom stereocenters. The number of hydrogen-bond acceptors (Lipinski definition) is 3. The van der Waals surface area contributed by atoms with Gasteiger partial charge in [0.1, 0.15) is 15.7 Å². The summed E-state index contributed by atoms with van der Waals surface area (Å²) in [6.45, 7) is 0. The van der Waals surface area contributed by atoms with Crippen molar-refractivity contribution in [2.75, 3.05) is 12.0 Å². The number of sulfone groups is 1. The summed E-state index contributed by atoms with van der Waals surface area (Å²) in [4.78, 5) is 10.9. The molecule has 0 spiro atoms. The summed E-state index contributed by atoms with van der Waals surface area (Å²) in [5.41, 5.74) is -0.111. The molecule has 0 fully saturated rings. The highest BCUT2D eigenvalue weighted by Gasteiger charge is 2.26. The van der Waals surface area contributed by atoms with Gasteiger partial charge in [-0.05, 0) is 6.07 Å². The van der Waals surface area contributed by atoms with Crippen molar-refractivity contribution in [1.29, 1.82) is 0 Å². The van der Waals surface area contributed by atoms with Gasteiger partial charge in [-0.1, -0.05) is 18.2 Å². The number of rotatable bonds is 4. The van der Waals surface area contributed by atoms with Gasteiger partial charge in [0.2, 0.25) is 0 Å². The van der Waals surface area contributed by atoms with E-state index >= 15 is 0 Å². The Kier molecular flexibility index (Phi) is 3.64. The molecule has 0 aliphatic carbocycles. The molecule has 1 aromatic rings. The van der Waals surface area contributed by atoms with Crippen LogP contribution in [0, 0.1) is 5.82 Å². The molecule has 0 aliphatic rings. The highest BCUT2D eigenvalue weighted by Crippen LogP contribution is 2.21. The fraction of sp³-hybridized carbons (Fsp3) is 0.300. The van der Waals surface area contributed by atoms with Gasteiger partial charge in [-0.2, -0.15) is 0 Å². The zero-order chi connectivity index (χ0) is 12.3. The Morgan fingerprint density at radius 3 is 2.44 bits per heavy atom. The van der Waals surface area contributed by atoms with Crippen LogP contribution in [-0.4, -0.2) is 31.5 Å². The highest BCUT2D eigenvalue weighted by atomic mass is 32.2. The molecule has 0 heterocycles. The van der Waals surface area contributed by atoms with Crippen molar-refractivity contribution in [3.8, 4) is 0 Å². The Labute approximate surface area is 92.6 Å². The van der Waals surface area contributed by atoms with Crippen LogP contribution in [0.5, 0.6) is 0 Å². The topological polar surface area (TPSA) is 71.4 Å². The molecule has 0 bridgehead atoms. The fourth-order valence-corrected chi connectivity index (χ4v) is 2.28. The van der Waals surface area contributed by atoms with E-state index in [9.17, 15) is 17.6 Å². The zero-order valence-corrected chi connectivity index (χ0v) is 9.37.